The molecule has 148 valence electrons. The molecule has 1 unspecified atom stereocenters. The van der Waals surface area contributed by atoms with Gasteiger partial charge < -0.3 is 20.9 Å². The number of phenolic OH excluding ortho intramolecular Hbond substituents is 1. The normalized spacial score (nSPS) is 22.2. The average molecular weight is 380 g/mol. The zero-order valence-electron chi connectivity index (χ0n) is 16.3. The van der Waals surface area contributed by atoms with Crippen molar-refractivity contribution in [3.05, 3.63) is 42.0 Å². The van der Waals surface area contributed by atoms with Crippen LogP contribution in [0.25, 0.3) is 11.1 Å². The molecule has 0 bridgehead atoms. The van der Waals surface area contributed by atoms with E-state index in [0.29, 0.717) is 18.9 Å². The van der Waals surface area contributed by atoms with Gasteiger partial charge >= 0.3 is 0 Å². The van der Waals surface area contributed by atoms with Gasteiger partial charge in [0, 0.05) is 11.3 Å². The van der Waals surface area contributed by atoms with Crippen molar-refractivity contribution in [2.45, 2.75) is 63.5 Å². The van der Waals surface area contributed by atoms with Crippen LogP contribution >= 0.6 is 0 Å². The van der Waals surface area contributed by atoms with Crippen molar-refractivity contribution in [1.82, 2.24) is 0 Å². The summed E-state index contributed by atoms with van der Waals surface area (Å²) in [5, 5.41) is 13.5. The summed E-state index contributed by atoms with van der Waals surface area (Å²) in [7, 11) is 0. The number of carbonyl (C=O) groups is 1. The predicted octanol–water partition coefficient (Wildman–Crippen LogP) is 4.37. The zero-order valence-corrected chi connectivity index (χ0v) is 16.3. The van der Waals surface area contributed by atoms with Crippen molar-refractivity contribution in [1.29, 1.82) is 0 Å². The van der Waals surface area contributed by atoms with Gasteiger partial charge in [0.05, 0.1) is 6.10 Å². The molecule has 4 N–H and O–H groups in total. The first-order valence-electron chi connectivity index (χ1n) is 10.2. The zero-order chi connectivity index (χ0) is 19.7. The van der Waals surface area contributed by atoms with E-state index in [9.17, 15) is 9.90 Å². The van der Waals surface area contributed by atoms with Gasteiger partial charge in [0.2, 0.25) is 5.91 Å². The van der Waals surface area contributed by atoms with Crippen LogP contribution in [-0.2, 0) is 11.2 Å². The Kier molecular flexibility index (Phi) is 4.92. The van der Waals surface area contributed by atoms with Gasteiger partial charge in [-0.15, -0.1) is 0 Å². The molecule has 1 saturated carbocycles. The Hall–Kier alpha value is -2.69. The standard InChI is InChI=1S/C23H28N2O3/c1-23(22(24)27)12-11-16-13-17(26)14-20(21(16)25-23)15-7-9-19(10-8-15)28-18-5-3-2-4-6-18/h7-10,13-14,18,25-26H,2-6,11-12H2,1H3,(H2,24,27). The summed E-state index contributed by atoms with van der Waals surface area (Å²) in [5.74, 6) is 0.730. The van der Waals surface area contributed by atoms with Gasteiger partial charge in [0.15, 0.2) is 0 Å². The van der Waals surface area contributed by atoms with E-state index in [2.05, 4.69) is 5.32 Å². The minimum atomic E-state index is -0.789. The Bertz CT molecular complexity index is 872. The van der Waals surface area contributed by atoms with Crippen LogP contribution in [0.4, 0.5) is 5.69 Å². The molecule has 0 radical (unpaired) electrons. The number of nitrogens with one attached hydrogen (secondary N) is 1. The highest BCUT2D eigenvalue weighted by Crippen LogP contribution is 2.41. The van der Waals surface area contributed by atoms with Gasteiger partial charge in [-0.25, -0.2) is 0 Å². The van der Waals surface area contributed by atoms with Crippen LogP contribution in [0, 0.1) is 0 Å². The summed E-state index contributed by atoms with van der Waals surface area (Å²) in [6.45, 7) is 1.83. The van der Waals surface area contributed by atoms with Gasteiger partial charge in [-0.05, 0) is 80.8 Å². The van der Waals surface area contributed by atoms with Gasteiger partial charge in [0.25, 0.3) is 0 Å². The Morgan fingerprint density at radius 3 is 2.57 bits per heavy atom. The van der Waals surface area contributed by atoms with Crippen LogP contribution in [-0.4, -0.2) is 22.7 Å². The fraction of sp³-hybridized carbons (Fsp3) is 0.435. The molecule has 5 heteroatoms. The minimum Gasteiger partial charge on any atom is -0.508 e. The summed E-state index contributed by atoms with van der Waals surface area (Å²) in [4.78, 5) is 11.9. The number of aryl methyl sites for hydroxylation is 1. The van der Waals surface area contributed by atoms with E-state index in [1.807, 2.05) is 31.2 Å². The maximum absolute atomic E-state index is 11.9. The first-order valence-corrected chi connectivity index (χ1v) is 10.2. The number of amides is 1. The number of aromatic hydroxyl groups is 1. The van der Waals surface area contributed by atoms with Crippen LogP contribution in [0.3, 0.4) is 0 Å². The van der Waals surface area contributed by atoms with Crippen LogP contribution in [0.5, 0.6) is 11.5 Å². The van der Waals surface area contributed by atoms with E-state index in [1.165, 1.54) is 19.3 Å². The topological polar surface area (TPSA) is 84.6 Å². The lowest BCUT2D eigenvalue weighted by Gasteiger charge is -2.35. The first-order chi connectivity index (χ1) is 13.4. The Balaban J connectivity index is 1.62. The van der Waals surface area contributed by atoms with Crippen molar-refractivity contribution >= 4 is 11.6 Å². The van der Waals surface area contributed by atoms with E-state index in [0.717, 1.165) is 41.0 Å². The van der Waals surface area contributed by atoms with Crippen molar-refractivity contribution in [3.8, 4) is 22.6 Å². The molecule has 1 aliphatic heterocycles. The molecular formula is C23H28N2O3. The number of hydrogen-bond acceptors (Lipinski definition) is 4. The smallest absolute Gasteiger partial charge is 0.242 e. The monoisotopic (exact) mass is 380 g/mol. The van der Waals surface area contributed by atoms with Crippen LogP contribution in [0.2, 0.25) is 0 Å². The molecule has 1 amide bonds. The van der Waals surface area contributed by atoms with Crippen LogP contribution < -0.4 is 15.8 Å². The van der Waals surface area contributed by atoms with Crippen molar-refractivity contribution in [2.24, 2.45) is 5.73 Å². The first kappa shape index (κ1) is 18.7. The van der Waals surface area contributed by atoms with E-state index >= 15 is 0 Å². The SMILES string of the molecule is CC1(C(N)=O)CCc2cc(O)cc(-c3ccc(OC4CCCCC4)cc3)c2N1. The molecular weight excluding hydrogens is 352 g/mol. The summed E-state index contributed by atoms with van der Waals surface area (Å²) in [5.41, 5.74) is 8.52. The number of benzene rings is 2. The van der Waals surface area contributed by atoms with Crippen LogP contribution in [0.1, 0.15) is 51.0 Å². The number of nitrogens with two attached hydrogens (primary N) is 1. The third kappa shape index (κ3) is 3.66. The second kappa shape index (κ2) is 7.38. The van der Waals surface area contributed by atoms with E-state index in [1.54, 1.807) is 12.1 Å². The maximum Gasteiger partial charge on any atom is 0.242 e. The summed E-state index contributed by atoms with van der Waals surface area (Å²) < 4.78 is 6.12. The molecule has 1 fully saturated rings. The van der Waals surface area contributed by atoms with Gasteiger partial charge in [-0.2, -0.15) is 0 Å². The van der Waals surface area contributed by atoms with Crippen LogP contribution in [0.15, 0.2) is 36.4 Å². The molecule has 1 heterocycles. The lowest BCUT2D eigenvalue weighted by Crippen LogP contribution is -2.50. The Morgan fingerprint density at radius 2 is 1.89 bits per heavy atom. The summed E-state index contributed by atoms with van der Waals surface area (Å²) in [6, 6.07) is 11.5. The Labute approximate surface area is 165 Å². The van der Waals surface area contributed by atoms with Gasteiger partial charge in [-0.1, -0.05) is 18.6 Å². The molecule has 1 atom stereocenters. The fourth-order valence-corrected chi connectivity index (χ4v) is 4.25. The number of carbonyl (C=O) groups excluding carboxylic acids is 1. The number of phenols is 1. The molecule has 1 aliphatic carbocycles. The second-order valence-electron chi connectivity index (χ2n) is 8.25. The fourth-order valence-electron chi connectivity index (χ4n) is 4.25. The third-order valence-electron chi connectivity index (χ3n) is 6.06. The van der Waals surface area contributed by atoms with E-state index in [-0.39, 0.29) is 11.7 Å². The molecule has 0 aromatic heterocycles. The Morgan fingerprint density at radius 1 is 1.18 bits per heavy atom. The number of primary amides is 1. The number of ether oxygens (including phenoxy) is 1. The quantitative estimate of drug-likeness (QED) is 0.688. The number of rotatable bonds is 4. The molecule has 4 rings (SSSR count). The summed E-state index contributed by atoms with van der Waals surface area (Å²) >= 11 is 0. The van der Waals surface area contributed by atoms with Crippen molar-refractivity contribution in [3.63, 3.8) is 0 Å². The minimum absolute atomic E-state index is 0.223. The lowest BCUT2D eigenvalue weighted by atomic mass is 9.84. The molecule has 2 aliphatic rings. The third-order valence-corrected chi connectivity index (χ3v) is 6.06. The molecule has 2 aromatic carbocycles. The largest absolute Gasteiger partial charge is 0.508 e. The highest BCUT2D eigenvalue weighted by atomic mass is 16.5. The van der Waals surface area contributed by atoms with Crippen molar-refractivity contribution < 1.29 is 14.6 Å². The molecule has 2 aromatic rings. The lowest BCUT2D eigenvalue weighted by molar-refractivity contribution is -0.122. The highest BCUT2D eigenvalue weighted by Gasteiger charge is 2.36. The van der Waals surface area contributed by atoms with Gasteiger partial charge in [-0.3, -0.25) is 4.79 Å². The molecule has 5 nitrogen and oxygen atoms in total. The molecule has 28 heavy (non-hydrogen) atoms. The average Bonchev–Trinajstić information content (AvgIpc) is 2.69. The van der Waals surface area contributed by atoms with E-state index in [4.69, 9.17) is 10.5 Å². The predicted molar refractivity (Wildman–Crippen MR) is 111 cm³/mol. The number of anilines is 1. The van der Waals surface area contributed by atoms with E-state index < -0.39 is 5.54 Å². The summed E-state index contributed by atoms with van der Waals surface area (Å²) in [6.07, 6.45) is 7.63. The highest BCUT2D eigenvalue weighted by molar-refractivity contribution is 5.92. The number of fused-ring (bicyclic) bond motifs is 1. The van der Waals surface area contributed by atoms with Gasteiger partial charge in [0.1, 0.15) is 17.0 Å². The number of hydrogen-bond donors (Lipinski definition) is 3. The molecule has 0 spiro atoms. The van der Waals surface area contributed by atoms with Crippen molar-refractivity contribution in [2.75, 3.05) is 5.32 Å². The second-order valence-corrected chi connectivity index (χ2v) is 8.25. The molecule has 0 saturated heterocycles. The maximum atomic E-state index is 11.9.